The maximum Gasteiger partial charge on any atom is 0.133 e. The third-order valence-electron chi connectivity index (χ3n) is 2.50. The van der Waals surface area contributed by atoms with Gasteiger partial charge in [0, 0.05) is 42.8 Å². The van der Waals surface area contributed by atoms with E-state index in [9.17, 15) is 0 Å². The Morgan fingerprint density at radius 3 is 2.65 bits per heavy atom. The van der Waals surface area contributed by atoms with Crippen LogP contribution in [0.4, 0.5) is 5.82 Å². The van der Waals surface area contributed by atoms with Crippen molar-refractivity contribution in [3.8, 4) is 10.4 Å². The molecule has 2 aromatic heterocycles. The molecule has 0 amide bonds. The molecule has 0 bridgehead atoms. The van der Waals surface area contributed by atoms with E-state index in [4.69, 9.17) is 17.3 Å². The number of rotatable bonds is 3. The molecule has 5 heteroatoms. The van der Waals surface area contributed by atoms with Crippen LogP contribution in [0.15, 0.2) is 24.4 Å². The first kappa shape index (κ1) is 12.4. The van der Waals surface area contributed by atoms with Gasteiger partial charge in [0.1, 0.15) is 5.82 Å². The SMILES string of the molecule is CN(C)c1nccc(-c2ccc(Cl)s2)c1CN. The van der Waals surface area contributed by atoms with Gasteiger partial charge in [0.05, 0.1) is 4.34 Å². The van der Waals surface area contributed by atoms with Gasteiger partial charge in [-0.2, -0.15) is 0 Å². The number of nitrogens with zero attached hydrogens (tertiary/aromatic N) is 2. The molecule has 0 aliphatic heterocycles. The number of thiophene rings is 1. The Balaban J connectivity index is 2.58. The highest BCUT2D eigenvalue weighted by molar-refractivity contribution is 7.19. The summed E-state index contributed by atoms with van der Waals surface area (Å²) in [6.07, 6.45) is 1.80. The smallest absolute Gasteiger partial charge is 0.133 e. The predicted molar refractivity (Wildman–Crippen MR) is 74.8 cm³/mol. The summed E-state index contributed by atoms with van der Waals surface area (Å²) in [6, 6.07) is 5.90. The van der Waals surface area contributed by atoms with E-state index < -0.39 is 0 Å². The normalized spacial score (nSPS) is 10.6. The average Bonchev–Trinajstić information content (AvgIpc) is 2.74. The lowest BCUT2D eigenvalue weighted by Gasteiger charge is -2.17. The molecule has 0 radical (unpaired) electrons. The second-order valence-corrected chi connectivity index (χ2v) is 5.58. The van der Waals surface area contributed by atoms with Crippen molar-refractivity contribution in [3.05, 3.63) is 34.3 Å². The lowest BCUT2D eigenvalue weighted by molar-refractivity contribution is 0.989. The van der Waals surface area contributed by atoms with Crippen molar-refractivity contribution in [3.63, 3.8) is 0 Å². The fraction of sp³-hybridized carbons (Fsp3) is 0.250. The highest BCUT2D eigenvalue weighted by Gasteiger charge is 2.12. The van der Waals surface area contributed by atoms with Crippen molar-refractivity contribution >= 4 is 28.8 Å². The number of anilines is 1. The summed E-state index contributed by atoms with van der Waals surface area (Å²) in [5.74, 6) is 0.912. The van der Waals surface area contributed by atoms with Gasteiger partial charge in [-0.15, -0.1) is 11.3 Å². The summed E-state index contributed by atoms with van der Waals surface area (Å²) >= 11 is 7.52. The van der Waals surface area contributed by atoms with E-state index in [-0.39, 0.29) is 0 Å². The zero-order valence-electron chi connectivity index (χ0n) is 9.77. The summed E-state index contributed by atoms with van der Waals surface area (Å²) in [4.78, 5) is 7.46. The molecule has 2 rings (SSSR count). The summed E-state index contributed by atoms with van der Waals surface area (Å²) in [6.45, 7) is 0.464. The zero-order chi connectivity index (χ0) is 12.4. The van der Waals surface area contributed by atoms with Crippen LogP contribution >= 0.6 is 22.9 Å². The second-order valence-electron chi connectivity index (χ2n) is 3.86. The Bertz CT molecular complexity index is 522. The molecule has 2 aromatic rings. The number of aromatic nitrogens is 1. The van der Waals surface area contributed by atoms with Gasteiger partial charge in [-0.1, -0.05) is 11.6 Å². The quantitative estimate of drug-likeness (QED) is 0.930. The Morgan fingerprint density at radius 1 is 1.35 bits per heavy atom. The first-order valence-electron chi connectivity index (χ1n) is 5.24. The van der Waals surface area contributed by atoms with Gasteiger partial charge < -0.3 is 10.6 Å². The molecule has 0 atom stereocenters. The molecule has 90 valence electrons. The van der Waals surface area contributed by atoms with Crippen LogP contribution in [0.1, 0.15) is 5.56 Å². The number of halogens is 1. The van der Waals surface area contributed by atoms with Gasteiger partial charge in [0.2, 0.25) is 0 Å². The maximum atomic E-state index is 5.97. The van der Waals surface area contributed by atoms with Crippen molar-refractivity contribution in [2.45, 2.75) is 6.54 Å². The van der Waals surface area contributed by atoms with E-state index in [0.717, 1.165) is 26.2 Å². The van der Waals surface area contributed by atoms with Crippen molar-refractivity contribution in [2.75, 3.05) is 19.0 Å². The summed E-state index contributed by atoms with van der Waals surface area (Å²) in [5, 5.41) is 0. The molecular formula is C12H14ClN3S. The van der Waals surface area contributed by atoms with E-state index in [0.29, 0.717) is 6.54 Å². The zero-order valence-corrected chi connectivity index (χ0v) is 11.3. The minimum absolute atomic E-state index is 0.464. The molecule has 0 aromatic carbocycles. The van der Waals surface area contributed by atoms with Crippen molar-refractivity contribution in [1.29, 1.82) is 0 Å². The third-order valence-corrected chi connectivity index (χ3v) is 3.76. The highest BCUT2D eigenvalue weighted by Crippen LogP contribution is 2.35. The van der Waals surface area contributed by atoms with Gasteiger partial charge in [-0.05, 0) is 18.2 Å². The van der Waals surface area contributed by atoms with Gasteiger partial charge in [0.15, 0.2) is 0 Å². The average molecular weight is 268 g/mol. The van der Waals surface area contributed by atoms with Crippen LogP contribution in [-0.4, -0.2) is 19.1 Å². The van der Waals surface area contributed by atoms with Crippen molar-refractivity contribution in [1.82, 2.24) is 4.98 Å². The van der Waals surface area contributed by atoms with Crippen LogP contribution in [0.25, 0.3) is 10.4 Å². The monoisotopic (exact) mass is 267 g/mol. The molecule has 0 saturated carbocycles. The fourth-order valence-corrected chi connectivity index (χ4v) is 2.85. The van der Waals surface area contributed by atoms with Gasteiger partial charge in [-0.3, -0.25) is 0 Å². The Labute approximate surface area is 110 Å². The molecule has 0 saturated heterocycles. The van der Waals surface area contributed by atoms with Gasteiger partial charge in [0.25, 0.3) is 0 Å². The molecule has 2 N–H and O–H groups in total. The lowest BCUT2D eigenvalue weighted by Crippen LogP contribution is -2.15. The van der Waals surface area contributed by atoms with Crippen molar-refractivity contribution in [2.24, 2.45) is 5.73 Å². The van der Waals surface area contributed by atoms with E-state index in [1.807, 2.05) is 37.2 Å². The first-order chi connectivity index (χ1) is 8.13. The van der Waals surface area contributed by atoms with Crippen LogP contribution in [-0.2, 0) is 6.54 Å². The summed E-state index contributed by atoms with van der Waals surface area (Å²) in [7, 11) is 3.93. The van der Waals surface area contributed by atoms with Gasteiger partial charge in [-0.25, -0.2) is 4.98 Å². The fourth-order valence-electron chi connectivity index (χ4n) is 1.76. The van der Waals surface area contributed by atoms with E-state index in [1.165, 1.54) is 0 Å². The molecule has 0 aliphatic rings. The predicted octanol–water partition coefficient (Wildman–Crippen LogP) is 2.99. The molecule has 0 spiro atoms. The lowest BCUT2D eigenvalue weighted by atomic mass is 10.1. The van der Waals surface area contributed by atoms with Crippen LogP contribution in [0.2, 0.25) is 4.34 Å². The molecule has 2 heterocycles. The Kier molecular flexibility index (Phi) is 3.66. The molecular weight excluding hydrogens is 254 g/mol. The minimum atomic E-state index is 0.464. The number of nitrogens with two attached hydrogens (primary N) is 1. The molecule has 17 heavy (non-hydrogen) atoms. The molecule has 0 aliphatic carbocycles. The number of pyridine rings is 1. The minimum Gasteiger partial charge on any atom is -0.362 e. The van der Waals surface area contributed by atoms with E-state index >= 15 is 0 Å². The molecule has 3 nitrogen and oxygen atoms in total. The van der Waals surface area contributed by atoms with E-state index in [1.54, 1.807) is 17.5 Å². The maximum absolute atomic E-state index is 5.97. The number of hydrogen-bond acceptors (Lipinski definition) is 4. The second kappa shape index (κ2) is 5.04. The Hall–Kier alpha value is -1.10. The Morgan fingerprint density at radius 2 is 2.12 bits per heavy atom. The summed E-state index contributed by atoms with van der Waals surface area (Å²) < 4.78 is 0.784. The largest absolute Gasteiger partial charge is 0.362 e. The first-order valence-corrected chi connectivity index (χ1v) is 6.44. The molecule has 0 fully saturated rings. The topological polar surface area (TPSA) is 42.2 Å². The highest BCUT2D eigenvalue weighted by atomic mass is 35.5. The van der Waals surface area contributed by atoms with Crippen LogP contribution in [0.5, 0.6) is 0 Å². The van der Waals surface area contributed by atoms with Crippen LogP contribution < -0.4 is 10.6 Å². The van der Waals surface area contributed by atoms with E-state index in [2.05, 4.69) is 4.98 Å². The van der Waals surface area contributed by atoms with Crippen LogP contribution in [0.3, 0.4) is 0 Å². The standard InChI is InChI=1S/C12H14ClN3S/c1-16(2)12-9(7-14)8(5-6-15-12)10-3-4-11(13)17-10/h3-6H,7,14H2,1-2H3. The molecule has 0 unspecified atom stereocenters. The van der Waals surface area contributed by atoms with Crippen LogP contribution in [0, 0.1) is 0 Å². The third kappa shape index (κ3) is 2.44. The number of hydrogen-bond donors (Lipinski definition) is 1. The van der Waals surface area contributed by atoms with Gasteiger partial charge >= 0.3 is 0 Å². The summed E-state index contributed by atoms with van der Waals surface area (Å²) in [5.41, 5.74) is 8.00. The van der Waals surface area contributed by atoms with Crippen molar-refractivity contribution < 1.29 is 0 Å².